The Morgan fingerprint density at radius 3 is 2.76 bits per heavy atom. The standard InChI is InChI=1S/C12H13N5O4/c1-7(12(19)20)14-11(18)8-3-4-10(21-2)9(5-8)17-6-13-15-16-17/h3-7H,1-2H3,(H,14,18)(H,19,20). The minimum Gasteiger partial charge on any atom is -0.494 e. The van der Waals surface area contributed by atoms with Crippen molar-refractivity contribution in [1.82, 2.24) is 25.5 Å². The molecule has 9 heteroatoms. The molecule has 21 heavy (non-hydrogen) atoms. The predicted molar refractivity (Wildman–Crippen MR) is 70.3 cm³/mol. The molecule has 1 unspecified atom stereocenters. The van der Waals surface area contributed by atoms with E-state index in [9.17, 15) is 9.59 Å². The summed E-state index contributed by atoms with van der Waals surface area (Å²) >= 11 is 0. The van der Waals surface area contributed by atoms with Gasteiger partial charge in [-0.2, -0.15) is 4.68 Å². The first kappa shape index (κ1) is 14.4. The molecule has 110 valence electrons. The number of methoxy groups -OCH3 is 1. The van der Waals surface area contributed by atoms with Crippen LogP contribution in [-0.4, -0.2) is 50.3 Å². The summed E-state index contributed by atoms with van der Waals surface area (Å²) in [6.07, 6.45) is 1.36. The molecule has 0 bridgehead atoms. The van der Waals surface area contributed by atoms with Gasteiger partial charge in [-0.05, 0) is 35.5 Å². The van der Waals surface area contributed by atoms with E-state index in [-0.39, 0.29) is 5.56 Å². The van der Waals surface area contributed by atoms with E-state index in [2.05, 4.69) is 20.8 Å². The van der Waals surface area contributed by atoms with Crippen molar-refractivity contribution in [2.75, 3.05) is 7.11 Å². The molecule has 0 aliphatic carbocycles. The van der Waals surface area contributed by atoms with E-state index in [1.165, 1.54) is 37.2 Å². The van der Waals surface area contributed by atoms with Gasteiger partial charge in [-0.3, -0.25) is 9.59 Å². The third kappa shape index (κ3) is 3.14. The topological polar surface area (TPSA) is 119 Å². The third-order valence-electron chi connectivity index (χ3n) is 2.75. The average molecular weight is 291 g/mol. The third-order valence-corrected chi connectivity index (χ3v) is 2.75. The number of aromatic nitrogens is 4. The Hall–Kier alpha value is -2.97. The van der Waals surface area contributed by atoms with Crippen molar-refractivity contribution in [3.63, 3.8) is 0 Å². The molecule has 2 N–H and O–H groups in total. The maximum atomic E-state index is 12.0. The zero-order chi connectivity index (χ0) is 15.4. The molecule has 9 nitrogen and oxygen atoms in total. The molecule has 2 aromatic rings. The van der Waals surface area contributed by atoms with E-state index >= 15 is 0 Å². The molecule has 0 spiro atoms. The van der Waals surface area contributed by atoms with Crippen LogP contribution in [0.4, 0.5) is 0 Å². The molecule has 1 amide bonds. The van der Waals surface area contributed by atoms with Crippen LogP contribution in [0.1, 0.15) is 17.3 Å². The van der Waals surface area contributed by atoms with E-state index in [0.717, 1.165) is 0 Å². The number of carbonyl (C=O) groups is 2. The van der Waals surface area contributed by atoms with Crippen LogP contribution in [0.2, 0.25) is 0 Å². The van der Waals surface area contributed by atoms with Crippen molar-refractivity contribution >= 4 is 11.9 Å². The molecule has 1 atom stereocenters. The van der Waals surface area contributed by atoms with Gasteiger partial charge in [-0.1, -0.05) is 0 Å². The first-order chi connectivity index (χ1) is 10.0. The maximum Gasteiger partial charge on any atom is 0.325 e. The highest BCUT2D eigenvalue weighted by molar-refractivity contribution is 5.97. The Balaban J connectivity index is 2.32. The number of aliphatic carboxylic acids is 1. The minimum absolute atomic E-state index is 0.273. The normalized spacial score (nSPS) is 11.7. The molecule has 0 aliphatic rings. The van der Waals surface area contributed by atoms with Gasteiger partial charge in [0, 0.05) is 5.56 Å². The highest BCUT2D eigenvalue weighted by Crippen LogP contribution is 2.23. The second-order valence-corrected chi connectivity index (χ2v) is 4.17. The summed E-state index contributed by atoms with van der Waals surface area (Å²) in [7, 11) is 1.48. The number of carbonyl (C=O) groups excluding carboxylic acids is 1. The first-order valence-electron chi connectivity index (χ1n) is 5.98. The quantitative estimate of drug-likeness (QED) is 0.787. The molecule has 1 aromatic heterocycles. The van der Waals surface area contributed by atoms with Gasteiger partial charge in [0.2, 0.25) is 0 Å². The molecule has 0 fully saturated rings. The molecule has 0 saturated heterocycles. The fraction of sp³-hybridized carbons (Fsp3) is 0.250. The molecule has 1 heterocycles. The summed E-state index contributed by atoms with van der Waals surface area (Å²) in [6, 6.07) is 3.63. The van der Waals surface area contributed by atoms with Gasteiger partial charge in [0.25, 0.3) is 5.91 Å². The first-order valence-corrected chi connectivity index (χ1v) is 5.98. The van der Waals surface area contributed by atoms with Crippen molar-refractivity contribution in [3.8, 4) is 11.4 Å². The highest BCUT2D eigenvalue weighted by Gasteiger charge is 2.17. The van der Waals surface area contributed by atoms with E-state index in [1.54, 1.807) is 6.07 Å². The Labute approximate surface area is 119 Å². The Morgan fingerprint density at radius 2 is 2.19 bits per heavy atom. The van der Waals surface area contributed by atoms with Crippen LogP contribution in [0, 0.1) is 0 Å². The zero-order valence-electron chi connectivity index (χ0n) is 11.3. The van der Waals surface area contributed by atoms with Gasteiger partial charge >= 0.3 is 5.97 Å². The Kier molecular flexibility index (Phi) is 4.12. The van der Waals surface area contributed by atoms with Crippen molar-refractivity contribution in [1.29, 1.82) is 0 Å². The lowest BCUT2D eigenvalue weighted by atomic mass is 10.1. The summed E-state index contributed by atoms with van der Waals surface area (Å²) in [5.41, 5.74) is 0.743. The number of hydrogen-bond donors (Lipinski definition) is 2. The van der Waals surface area contributed by atoms with Gasteiger partial charge in [0.1, 0.15) is 23.8 Å². The Morgan fingerprint density at radius 1 is 1.43 bits per heavy atom. The fourth-order valence-electron chi connectivity index (χ4n) is 1.62. The molecule has 0 saturated carbocycles. The zero-order valence-corrected chi connectivity index (χ0v) is 11.3. The average Bonchev–Trinajstić information content (AvgIpc) is 3.00. The number of hydrogen-bond acceptors (Lipinski definition) is 6. The number of ether oxygens (including phenoxy) is 1. The number of tetrazole rings is 1. The van der Waals surface area contributed by atoms with Crippen LogP contribution >= 0.6 is 0 Å². The summed E-state index contributed by atoms with van der Waals surface area (Å²) in [4.78, 5) is 22.8. The fourth-order valence-corrected chi connectivity index (χ4v) is 1.62. The lowest BCUT2D eigenvalue weighted by Gasteiger charge is -2.12. The largest absolute Gasteiger partial charge is 0.494 e. The van der Waals surface area contributed by atoms with E-state index in [1.807, 2.05) is 0 Å². The molecule has 0 radical (unpaired) electrons. The van der Waals surface area contributed by atoms with Gasteiger partial charge in [0.15, 0.2) is 0 Å². The summed E-state index contributed by atoms with van der Waals surface area (Å²) in [6.45, 7) is 1.38. The lowest BCUT2D eigenvalue weighted by Crippen LogP contribution is -2.38. The van der Waals surface area contributed by atoms with Crippen molar-refractivity contribution in [2.45, 2.75) is 13.0 Å². The van der Waals surface area contributed by atoms with Gasteiger partial charge in [-0.25, -0.2) is 0 Å². The number of nitrogens with one attached hydrogen (secondary N) is 1. The van der Waals surface area contributed by atoms with Crippen LogP contribution in [0.25, 0.3) is 5.69 Å². The van der Waals surface area contributed by atoms with Crippen LogP contribution in [0.5, 0.6) is 5.75 Å². The number of amides is 1. The van der Waals surface area contributed by atoms with Crippen LogP contribution < -0.4 is 10.1 Å². The monoisotopic (exact) mass is 291 g/mol. The van der Waals surface area contributed by atoms with Crippen molar-refractivity contribution < 1.29 is 19.4 Å². The lowest BCUT2D eigenvalue weighted by molar-refractivity contribution is -0.138. The number of carboxylic acids is 1. The molecule has 0 aliphatic heterocycles. The number of carboxylic acid groups (broad SMARTS) is 1. The predicted octanol–water partition coefficient (Wildman–Crippen LogP) is -0.126. The molecular weight excluding hydrogens is 278 g/mol. The van der Waals surface area contributed by atoms with E-state index < -0.39 is 17.9 Å². The van der Waals surface area contributed by atoms with Gasteiger partial charge in [0.05, 0.1) is 7.11 Å². The maximum absolute atomic E-state index is 12.0. The molecule has 2 rings (SSSR count). The molecular formula is C12H13N5O4. The number of benzene rings is 1. The second-order valence-electron chi connectivity index (χ2n) is 4.17. The SMILES string of the molecule is COc1ccc(C(=O)NC(C)C(=O)O)cc1-n1cnnn1. The van der Waals surface area contributed by atoms with Gasteiger partial charge < -0.3 is 15.2 Å². The van der Waals surface area contributed by atoms with Crippen molar-refractivity contribution in [2.24, 2.45) is 0 Å². The van der Waals surface area contributed by atoms with Crippen LogP contribution in [0.15, 0.2) is 24.5 Å². The van der Waals surface area contributed by atoms with E-state index in [4.69, 9.17) is 9.84 Å². The van der Waals surface area contributed by atoms with Crippen LogP contribution in [-0.2, 0) is 4.79 Å². The van der Waals surface area contributed by atoms with Crippen molar-refractivity contribution in [3.05, 3.63) is 30.1 Å². The smallest absolute Gasteiger partial charge is 0.325 e. The summed E-state index contributed by atoms with van der Waals surface area (Å²) < 4.78 is 6.52. The number of rotatable bonds is 5. The van der Waals surface area contributed by atoms with E-state index in [0.29, 0.717) is 11.4 Å². The Bertz CT molecular complexity index is 656. The van der Waals surface area contributed by atoms with Crippen LogP contribution in [0.3, 0.4) is 0 Å². The highest BCUT2D eigenvalue weighted by atomic mass is 16.5. The molecule has 1 aromatic carbocycles. The minimum atomic E-state index is -1.11. The second kappa shape index (κ2) is 5.99. The summed E-state index contributed by atoms with van der Waals surface area (Å²) in [5.74, 6) is -1.15. The van der Waals surface area contributed by atoms with Gasteiger partial charge in [-0.15, -0.1) is 5.10 Å². The number of nitrogens with zero attached hydrogens (tertiary/aromatic N) is 4. The summed E-state index contributed by atoms with van der Waals surface area (Å²) in [5, 5.41) is 21.9.